The van der Waals surface area contributed by atoms with Gasteiger partial charge in [-0.05, 0) is 24.3 Å². The van der Waals surface area contributed by atoms with E-state index in [4.69, 9.17) is 22.6 Å². The third kappa shape index (κ3) is 2.90. The summed E-state index contributed by atoms with van der Waals surface area (Å²) >= 11 is 0. The Labute approximate surface area is 94.0 Å². The second-order valence-electron chi connectivity index (χ2n) is 2.94. The average molecular weight is 219 g/mol. The van der Waals surface area contributed by atoms with Crippen LogP contribution in [0.3, 0.4) is 0 Å². The first-order valence-electron chi connectivity index (χ1n) is 4.62. The van der Waals surface area contributed by atoms with E-state index < -0.39 is 6.03 Å². The summed E-state index contributed by atoms with van der Waals surface area (Å²) in [5, 5.41) is 0. The zero-order valence-corrected chi connectivity index (χ0v) is 8.72. The van der Waals surface area contributed by atoms with Gasteiger partial charge in [-0.15, -0.1) is 6.42 Å². The summed E-state index contributed by atoms with van der Waals surface area (Å²) in [6.45, 7) is 0.232. The molecule has 2 amide bonds. The number of hydrogen-bond donors (Lipinski definition) is 2. The number of primary amides is 1. The highest BCUT2D eigenvalue weighted by atomic mass is 16.5. The summed E-state index contributed by atoms with van der Waals surface area (Å²) in [5.74, 6) is 2.98. The summed E-state index contributed by atoms with van der Waals surface area (Å²) in [6, 6.07) is 6.16. The molecule has 1 rings (SSSR count). The molecule has 0 aliphatic rings. The van der Waals surface area contributed by atoms with E-state index in [2.05, 4.69) is 5.92 Å². The van der Waals surface area contributed by atoms with E-state index in [0.29, 0.717) is 11.4 Å². The number of nitrogens with two attached hydrogens (primary N) is 2. The Morgan fingerprint density at radius 1 is 1.44 bits per heavy atom. The van der Waals surface area contributed by atoms with Crippen molar-refractivity contribution in [1.82, 2.24) is 0 Å². The maximum atomic E-state index is 11.0. The molecule has 16 heavy (non-hydrogen) atoms. The molecule has 84 valence electrons. The van der Waals surface area contributed by atoms with Gasteiger partial charge in [-0.2, -0.15) is 0 Å². The van der Waals surface area contributed by atoms with Crippen LogP contribution in [0.15, 0.2) is 24.3 Å². The second kappa shape index (κ2) is 5.63. The van der Waals surface area contributed by atoms with Gasteiger partial charge in [-0.3, -0.25) is 4.90 Å². The van der Waals surface area contributed by atoms with Gasteiger partial charge in [0, 0.05) is 5.69 Å². The zero-order chi connectivity index (χ0) is 12.0. The Bertz CT molecular complexity index is 395. The van der Waals surface area contributed by atoms with Gasteiger partial charge in [0.05, 0.1) is 6.67 Å². The number of amides is 2. The second-order valence-corrected chi connectivity index (χ2v) is 2.94. The minimum atomic E-state index is -0.597. The summed E-state index contributed by atoms with van der Waals surface area (Å²) < 4.78 is 5.18. The van der Waals surface area contributed by atoms with Crippen molar-refractivity contribution in [3.63, 3.8) is 0 Å². The summed E-state index contributed by atoms with van der Waals surface area (Å²) in [7, 11) is 0. The van der Waals surface area contributed by atoms with Crippen molar-refractivity contribution in [2.75, 3.05) is 18.2 Å². The maximum Gasteiger partial charge on any atom is 0.320 e. The molecule has 5 nitrogen and oxygen atoms in total. The molecule has 4 N–H and O–H groups in total. The number of hydrogen-bond acceptors (Lipinski definition) is 3. The highest BCUT2D eigenvalue weighted by molar-refractivity contribution is 5.90. The molecule has 0 aliphatic heterocycles. The molecule has 1 aromatic carbocycles. The lowest BCUT2D eigenvalue weighted by Crippen LogP contribution is -2.39. The van der Waals surface area contributed by atoms with E-state index in [0.717, 1.165) is 0 Å². The molecule has 0 heterocycles. The van der Waals surface area contributed by atoms with Crippen LogP contribution in [0.5, 0.6) is 5.75 Å². The molecule has 0 fully saturated rings. The maximum absolute atomic E-state index is 11.0. The van der Waals surface area contributed by atoms with E-state index in [9.17, 15) is 4.79 Å². The topological polar surface area (TPSA) is 81.6 Å². The van der Waals surface area contributed by atoms with Gasteiger partial charge in [0.25, 0.3) is 0 Å². The lowest BCUT2D eigenvalue weighted by Gasteiger charge is -2.18. The van der Waals surface area contributed by atoms with E-state index in [-0.39, 0.29) is 13.3 Å². The van der Waals surface area contributed by atoms with E-state index in [1.165, 1.54) is 4.90 Å². The first-order valence-corrected chi connectivity index (χ1v) is 4.62. The predicted molar refractivity (Wildman–Crippen MR) is 61.9 cm³/mol. The zero-order valence-electron chi connectivity index (χ0n) is 8.72. The molecule has 0 atom stereocenters. The fraction of sp³-hybridized carbons (Fsp3) is 0.182. The van der Waals surface area contributed by atoms with Crippen molar-refractivity contribution in [2.45, 2.75) is 0 Å². The molecule has 5 heteroatoms. The predicted octanol–water partition coefficient (Wildman–Crippen LogP) is 0.500. The summed E-state index contributed by atoms with van der Waals surface area (Å²) in [4.78, 5) is 12.2. The molecule has 1 aromatic rings. The van der Waals surface area contributed by atoms with Crippen LogP contribution in [-0.4, -0.2) is 19.3 Å². The number of urea groups is 1. The van der Waals surface area contributed by atoms with Crippen LogP contribution in [0.1, 0.15) is 0 Å². The van der Waals surface area contributed by atoms with Crippen molar-refractivity contribution in [3.8, 4) is 18.1 Å². The SMILES string of the molecule is C#CCOc1ccc(N(CN)C(N)=O)cc1. The van der Waals surface area contributed by atoms with Crippen LogP contribution in [0.2, 0.25) is 0 Å². The molecule has 0 unspecified atom stereocenters. The Kier molecular flexibility index (Phi) is 4.18. The van der Waals surface area contributed by atoms with Gasteiger partial charge in [-0.25, -0.2) is 4.79 Å². The first kappa shape index (κ1) is 11.9. The van der Waals surface area contributed by atoms with Crippen LogP contribution in [0.25, 0.3) is 0 Å². The lowest BCUT2D eigenvalue weighted by atomic mass is 10.3. The summed E-state index contributed by atoms with van der Waals surface area (Å²) in [5.41, 5.74) is 11.2. The summed E-state index contributed by atoms with van der Waals surface area (Å²) in [6.07, 6.45) is 5.05. The van der Waals surface area contributed by atoms with Gasteiger partial charge in [-0.1, -0.05) is 5.92 Å². The highest BCUT2D eigenvalue weighted by Gasteiger charge is 2.09. The number of nitrogens with zero attached hydrogens (tertiary/aromatic N) is 1. The molecular weight excluding hydrogens is 206 g/mol. The van der Waals surface area contributed by atoms with Gasteiger partial charge < -0.3 is 16.2 Å². The number of terminal acetylenes is 1. The fourth-order valence-corrected chi connectivity index (χ4v) is 1.17. The minimum Gasteiger partial charge on any atom is -0.481 e. The van der Waals surface area contributed by atoms with Crippen molar-refractivity contribution in [2.24, 2.45) is 11.5 Å². The van der Waals surface area contributed by atoms with Gasteiger partial charge in [0.2, 0.25) is 0 Å². The van der Waals surface area contributed by atoms with Crippen molar-refractivity contribution in [3.05, 3.63) is 24.3 Å². The molecule has 0 radical (unpaired) electrons. The van der Waals surface area contributed by atoms with Crippen molar-refractivity contribution >= 4 is 11.7 Å². The molecular formula is C11H13N3O2. The van der Waals surface area contributed by atoms with Crippen LogP contribution in [0, 0.1) is 12.3 Å². The van der Waals surface area contributed by atoms with Gasteiger partial charge >= 0.3 is 6.03 Å². The van der Waals surface area contributed by atoms with E-state index in [1.807, 2.05) is 0 Å². The number of carbonyl (C=O) groups is 1. The number of carbonyl (C=O) groups excluding carboxylic acids is 1. The number of anilines is 1. The number of benzene rings is 1. The molecule has 0 saturated carbocycles. The van der Waals surface area contributed by atoms with Crippen LogP contribution in [0.4, 0.5) is 10.5 Å². The van der Waals surface area contributed by atoms with Crippen LogP contribution in [-0.2, 0) is 0 Å². The third-order valence-electron chi connectivity index (χ3n) is 1.92. The normalized spacial score (nSPS) is 9.25. The van der Waals surface area contributed by atoms with Crippen molar-refractivity contribution < 1.29 is 9.53 Å². The average Bonchev–Trinajstić information content (AvgIpc) is 2.28. The van der Waals surface area contributed by atoms with E-state index >= 15 is 0 Å². The third-order valence-corrected chi connectivity index (χ3v) is 1.92. The standard InChI is InChI=1S/C11H13N3O2/c1-2-7-16-10-5-3-9(4-6-10)14(8-12)11(13)15/h1,3-6H,7-8,12H2,(H2,13,15). The van der Waals surface area contributed by atoms with Crippen LogP contribution >= 0.6 is 0 Å². The Balaban J connectivity index is 2.77. The molecule has 0 bridgehead atoms. The number of ether oxygens (including phenoxy) is 1. The lowest BCUT2D eigenvalue weighted by molar-refractivity contribution is 0.254. The fourth-order valence-electron chi connectivity index (χ4n) is 1.17. The largest absolute Gasteiger partial charge is 0.481 e. The van der Waals surface area contributed by atoms with Gasteiger partial charge in [0.15, 0.2) is 0 Å². The Morgan fingerprint density at radius 3 is 2.50 bits per heavy atom. The molecule has 0 aromatic heterocycles. The molecule has 0 saturated heterocycles. The van der Waals surface area contributed by atoms with E-state index in [1.54, 1.807) is 24.3 Å². The van der Waals surface area contributed by atoms with Gasteiger partial charge in [0.1, 0.15) is 12.4 Å². The smallest absolute Gasteiger partial charge is 0.320 e. The minimum absolute atomic E-state index is 0.0277. The Hall–Kier alpha value is -2.19. The highest BCUT2D eigenvalue weighted by Crippen LogP contribution is 2.18. The monoisotopic (exact) mass is 219 g/mol. The Morgan fingerprint density at radius 2 is 2.06 bits per heavy atom. The molecule has 0 spiro atoms. The number of rotatable bonds is 4. The quantitative estimate of drug-likeness (QED) is 0.571. The molecule has 0 aliphatic carbocycles. The van der Waals surface area contributed by atoms with Crippen LogP contribution < -0.4 is 21.1 Å². The first-order chi connectivity index (χ1) is 7.69. The van der Waals surface area contributed by atoms with Crippen molar-refractivity contribution in [1.29, 1.82) is 0 Å².